The van der Waals surface area contributed by atoms with Crippen molar-refractivity contribution in [2.45, 2.75) is 6.42 Å². The van der Waals surface area contributed by atoms with Crippen molar-refractivity contribution < 1.29 is 0 Å². The SMILES string of the molecule is C1=CC2=CC=C1C2.CN(C)N. The van der Waals surface area contributed by atoms with E-state index in [-0.39, 0.29) is 0 Å². The third-order valence-electron chi connectivity index (χ3n) is 1.43. The van der Waals surface area contributed by atoms with E-state index < -0.39 is 0 Å². The van der Waals surface area contributed by atoms with Gasteiger partial charge in [-0.1, -0.05) is 24.3 Å². The fourth-order valence-electron chi connectivity index (χ4n) is 1.01. The number of allylic oxidation sites excluding steroid dienone is 6. The zero-order valence-electron chi connectivity index (χ0n) is 7.04. The molecule has 60 valence electrons. The average Bonchev–Trinajstić information content (AvgIpc) is 2.45. The minimum atomic E-state index is 1.19. The molecule has 0 amide bonds. The van der Waals surface area contributed by atoms with Gasteiger partial charge in [0.05, 0.1) is 0 Å². The predicted octanol–water partition coefficient (Wildman–Crippen LogP) is 1.23. The summed E-state index contributed by atoms with van der Waals surface area (Å²) in [5.74, 6) is 4.94. The molecule has 0 aliphatic heterocycles. The van der Waals surface area contributed by atoms with E-state index in [2.05, 4.69) is 24.3 Å². The van der Waals surface area contributed by atoms with Crippen LogP contribution in [0.25, 0.3) is 0 Å². The molecule has 0 unspecified atom stereocenters. The first-order chi connectivity index (χ1) is 5.18. The summed E-state index contributed by atoms with van der Waals surface area (Å²) in [6, 6.07) is 0. The molecule has 11 heavy (non-hydrogen) atoms. The van der Waals surface area contributed by atoms with Crippen LogP contribution in [-0.4, -0.2) is 19.1 Å². The highest BCUT2D eigenvalue weighted by atomic mass is 15.4. The van der Waals surface area contributed by atoms with Crippen LogP contribution in [0.1, 0.15) is 6.42 Å². The molecule has 0 saturated carbocycles. The summed E-state index contributed by atoms with van der Waals surface area (Å²) in [5.41, 5.74) is 2.94. The summed E-state index contributed by atoms with van der Waals surface area (Å²) < 4.78 is 0. The normalized spacial score (nSPS) is 17.8. The second-order valence-corrected chi connectivity index (χ2v) is 2.96. The van der Waals surface area contributed by atoms with Gasteiger partial charge in [0.15, 0.2) is 0 Å². The lowest BCUT2D eigenvalue weighted by molar-refractivity contribution is 0.432. The maximum absolute atomic E-state index is 4.94. The van der Waals surface area contributed by atoms with Crippen LogP contribution in [0.2, 0.25) is 0 Å². The highest BCUT2D eigenvalue weighted by molar-refractivity contribution is 5.49. The molecule has 0 radical (unpaired) electrons. The number of nitrogens with two attached hydrogens (primary N) is 1. The predicted molar refractivity (Wildman–Crippen MR) is 47.8 cm³/mol. The molecule has 2 rings (SSSR count). The van der Waals surface area contributed by atoms with E-state index in [1.807, 2.05) is 0 Å². The van der Waals surface area contributed by atoms with E-state index >= 15 is 0 Å². The molecule has 2 aliphatic carbocycles. The number of hydrazine groups is 1. The molecule has 2 heteroatoms. The second kappa shape index (κ2) is 3.51. The van der Waals surface area contributed by atoms with Crippen LogP contribution in [0.5, 0.6) is 0 Å². The zero-order valence-corrected chi connectivity index (χ0v) is 7.04. The highest BCUT2D eigenvalue weighted by Crippen LogP contribution is 2.27. The van der Waals surface area contributed by atoms with Crippen molar-refractivity contribution >= 4 is 0 Å². The summed E-state index contributed by atoms with van der Waals surface area (Å²) in [5, 5.41) is 1.50. The number of rotatable bonds is 0. The van der Waals surface area contributed by atoms with Gasteiger partial charge in [-0.25, -0.2) is 0 Å². The molecule has 0 atom stereocenters. The maximum atomic E-state index is 4.94. The standard InChI is InChI=1S/C7H6.C2H8N2/c1-2-7-4-3-6(1)5-7;1-4(2)3/h1-4H,5H2;3H2,1-2H3. The van der Waals surface area contributed by atoms with E-state index in [1.165, 1.54) is 22.6 Å². The molecule has 0 aromatic heterocycles. The smallest absolute Gasteiger partial charge is 0.00105 e. The van der Waals surface area contributed by atoms with Gasteiger partial charge < -0.3 is 0 Å². The van der Waals surface area contributed by atoms with Crippen molar-refractivity contribution in [3.63, 3.8) is 0 Å². The number of hydrogen-bond donors (Lipinski definition) is 1. The molecule has 2 nitrogen and oxygen atoms in total. The van der Waals surface area contributed by atoms with Crippen LogP contribution < -0.4 is 5.84 Å². The van der Waals surface area contributed by atoms with Crippen molar-refractivity contribution in [1.29, 1.82) is 0 Å². The first-order valence-corrected chi connectivity index (χ1v) is 3.68. The number of fused-ring (bicyclic) bond motifs is 2. The first-order valence-electron chi connectivity index (χ1n) is 3.68. The van der Waals surface area contributed by atoms with Gasteiger partial charge in [-0.2, -0.15) is 0 Å². The largest absolute Gasteiger partial charge is 0.269 e. The van der Waals surface area contributed by atoms with E-state index in [4.69, 9.17) is 5.84 Å². The van der Waals surface area contributed by atoms with Crippen molar-refractivity contribution in [3.8, 4) is 0 Å². The van der Waals surface area contributed by atoms with Crippen LogP contribution in [-0.2, 0) is 0 Å². The van der Waals surface area contributed by atoms with Gasteiger partial charge in [0.1, 0.15) is 0 Å². The van der Waals surface area contributed by atoms with Crippen molar-refractivity contribution in [2.24, 2.45) is 5.84 Å². The Balaban J connectivity index is 0.000000134. The minimum absolute atomic E-state index is 1.19. The Morgan fingerprint density at radius 3 is 1.64 bits per heavy atom. The molecule has 2 aliphatic rings. The molecular weight excluding hydrogens is 136 g/mol. The molecule has 0 spiro atoms. The summed E-state index contributed by atoms with van der Waals surface area (Å²) in [7, 11) is 3.56. The van der Waals surface area contributed by atoms with Crippen LogP contribution in [0.4, 0.5) is 0 Å². The Hall–Kier alpha value is -0.860. The van der Waals surface area contributed by atoms with E-state index in [0.29, 0.717) is 0 Å². The second-order valence-electron chi connectivity index (χ2n) is 2.96. The number of hydrogen-bond acceptors (Lipinski definition) is 2. The zero-order chi connectivity index (χ0) is 8.27. The molecule has 2 bridgehead atoms. The van der Waals surface area contributed by atoms with Crippen molar-refractivity contribution in [2.75, 3.05) is 14.1 Å². The lowest BCUT2D eigenvalue weighted by Crippen LogP contribution is -2.18. The molecule has 0 fully saturated rings. The molecule has 0 aromatic carbocycles. The molecule has 0 heterocycles. The Morgan fingerprint density at radius 1 is 1.18 bits per heavy atom. The van der Waals surface area contributed by atoms with Crippen LogP contribution >= 0.6 is 0 Å². The van der Waals surface area contributed by atoms with Gasteiger partial charge in [0, 0.05) is 14.1 Å². The van der Waals surface area contributed by atoms with Crippen molar-refractivity contribution in [3.05, 3.63) is 35.5 Å². The Morgan fingerprint density at radius 2 is 1.55 bits per heavy atom. The topological polar surface area (TPSA) is 29.3 Å². The van der Waals surface area contributed by atoms with E-state index in [9.17, 15) is 0 Å². The highest BCUT2D eigenvalue weighted by Gasteiger charge is 2.07. The average molecular weight is 150 g/mol. The van der Waals surface area contributed by atoms with Gasteiger partial charge in [0.25, 0.3) is 0 Å². The van der Waals surface area contributed by atoms with Gasteiger partial charge in [-0.05, 0) is 17.6 Å². The lowest BCUT2D eigenvalue weighted by atomic mass is 10.3. The Labute approximate surface area is 67.7 Å². The van der Waals surface area contributed by atoms with Gasteiger partial charge in [-0.3, -0.25) is 10.9 Å². The molecular formula is C9H14N2. The van der Waals surface area contributed by atoms with Crippen LogP contribution in [0, 0.1) is 0 Å². The Bertz CT molecular complexity index is 199. The van der Waals surface area contributed by atoms with Crippen LogP contribution in [0.3, 0.4) is 0 Å². The molecule has 0 saturated heterocycles. The minimum Gasteiger partial charge on any atom is -0.269 e. The van der Waals surface area contributed by atoms with Gasteiger partial charge in [-0.15, -0.1) is 0 Å². The molecule has 2 N–H and O–H groups in total. The molecule has 0 aromatic rings. The van der Waals surface area contributed by atoms with Crippen molar-refractivity contribution in [1.82, 2.24) is 5.01 Å². The monoisotopic (exact) mass is 150 g/mol. The first kappa shape index (κ1) is 8.24. The van der Waals surface area contributed by atoms with Crippen LogP contribution in [0.15, 0.2) is 35.5 Å². The van der Waals surface area contributed by atoms with Gasteiger partial charge >= 0.3 is 0 Å². The third-order valence-corrected chi connectivity index (χ3v) is 1.43. The quantitative estimate of drug-likeness (QED) is 0.416. The number of nitrogens with zero attached hydrogens (tertiary/aromatic N) is 1. The summed E-state index contributed by atoms with van der Waals surface area (Å²) in [6.45, 7) is 0. The summed E-state index contributed by atoms with van der Waals surface area (Å²) >= 11 is 0. The summed E-state index contributed by atoms with van der Waals surface area (Å²) in [4.78, 5) is 0. The Kier molecular flexibility index (Phi) is 2.63. The fourth-order valence-corrected chi connectivity index (χ4v) is 1.01. The van der Waals surface area contributed by atoms with E-state index in [1.54, 1.807) is 14.1 Å². The van der Waals surface area contributed by atoms with Gasteiger partial charge in [0.2, 0.25) is 0 Å². The fraction of sp³-hybridized carbons (Fsp3) is 0.333. The third kappa shape index (κ3) is 2.70. The van der Waals surface area contributed by atoms with E-state index in [0.717, 1.165) is 0 Å². The maximum Gasteiger partial charge on any atom is 0.00105 e. The summed E-state index contributed by atoms with van der Waals surface area (Å²) in [6.07, 6.45) is 9.90. The lowest BCUT2D eigenvalue weighted by Gasteiger charge is -1.91.